The monoisotopic (exact) mass is 399 g/mol. The number of nitrogens with one attached hydrogen (secondary N) is 1. The number of esters is 1. The second kappa shape index (κ2) is 8.71. The van der Waals surface area contributed by atoms with Crippen LogP contribution in [0.2, 0.25) is 0 Å². The van der Waals surface area contributed by atoms with Crippen molar-refractivity contribution in [1.29, 1.82) is 0 Å². The maximum atomic E-state index is 12.6. The number of ether oxygens (including phenoxy) is 2. The topological polar surface area (TPSA) is 104 Å². The summed E-state index contributed by atoms with van der Waals surface area (Å²) in [5.74, 6) is -0.275. The molecule has 0 spiro atoms. The molecule has 0 saturated heterocycles. The van der Waals surface area contributed by atoms with Crippen LogP contribution in [0.1, 0.15) is 30.6 Å². The minimum absolute atomic E-state index is 0.301. The van der Waals surface area contributed by atoms with E-state index in [2.05, 4.69) is 10.3 Å². The number of rotatable bonds is 7. The highest BCUT2D eigenvalue weighted by Crippen LogP contribution is 2.29. The fraction of sp³-hybridized carbons (Fsp3) is 0.250. The molecule has 7 nitrogen and oxygen atoms in total. The quantitative estimate of drug-likeness (QED) is 0.462. The third-order valence-electron chi connectivity index (χ3n) is 3.94. The van der Waals surface area contributed by atoms with Gasteiger partial charge in [0.15, 0.2) is 11.2 Å². The van der Waals surface area contributed by atoms with E-state index in [-0.39, 0.29) is 0 Å². The molecule has 0 bridgehead atoms. The van der Waals surface area contributed by atoms with Crippen LogP contribution in [0, 0.1) is 0 Å². The summed E-state index contributed by atoms with van der Waals surface area (Å²) in [6, 6.07) is 12.0. The number of thiazole rings is 1. The number of carbonyl (C=O) groups is 2. The van der Waals surface area contributed by atoms with Crippen molar-refractivity contribution in [3.05, 3.63) is 48.0 Å². The fourth-order valence-electron chi connectivity index (χ4n) is 2.59. The molecule has 1 atom stereocenters. The standard InChI is InChI=1S/C20H21N3O4S/c1-3-16(27-19(25)12-6-5-7-13(21)10-12)18(24)23-20-22-15-9-8-14(26-4-2)11-17(15)28-20/h5-11,16H,3-4,21H2,1-2H3,(H,22,23,24). The van der Waals surface area contributed by atoms with Crippen molar-refractivity contribution in [2.75, 3.05) is 17.7 Å². The SMILES string of the molecule is CCOc1ccc2nc(NC(=O)C(CC)OC(=O)c3cccc(N)c3)sc2c1. The number of aromatic nitrogens is 1. The van der Waals surface area contributed by atoms with Crippen LogP contribution < -0.4 is 15.8 Å². The maximum absolute atomic E-state index is 12.6. The van der Waals surface area contributed by atoms with Crippen molar-refractivity contribution in [2.45, 2.75) is 26.4 Å². The van der Waals surface area contributed by atoms with Gasteiger partial charge in [-0.15, -0.1) is 0 Å². The lowest BCUT2D eigenvalue weighted by Gasteiger charge is -2.15. The average molecular weight is 399 g/mol. The number of nitrogens with two attached hydrogens (primary N) is 1. The van der Waals surface area contributed by atoms with Gasteiger partial charge in [0, 0.05) is 5.69 Å². The number of carbonyl (C=O) groups excluding carboxylic acids is 2. The van der Waals surface area contributed by atoms with E-state index >= 15 is 0 Å². The second-order valence-corrected chi connectivity index (χ2v) is 7.03. The molecule has 3 aromatic rings. The number of nitrogens with zero attached hydrogens (tertiary/aromatic N) is 1. The van der Waals surface area contributed by atoms with Gasteiger partial charge in [-0.05, 0) is 49.7 Å². The lowest BCUT2D eigenvalue weighted by molar-refractivity contribution is -0.124. The predicted molar refractivity (Wildman–Crippen MR) is 110 cm³/mol. The van der Waals surface area contributed by atoms with E-state index in [0.717, 1.165) is 16.0 Å². The summed E-state index contributed by atoms with van der Waals surface area (Å²) in [6.45, 7) is 4.26. The lowest BCUT2D eigenvalue weighted by atomic mass is 10.2. The maximum Gasteiger partial charge on any atom is 0.338 e. The minimum atomic E-state index is -0.931. The average Bonchev–Trinajstić information content (AvgIpc) is 3.07. The Morgan fingerprint density at radius 1 is 1.21 bits per heavy atom. The van der Waals surface area contributed by atoms with Crippen LogP contribution in [-0.2, 0) is 9.53 Å². The van der Waals surface area contributed by atoms with Gasteiger partial charge in [0.05, 0.1) is 22.4 Å². The molecule has 3 rings (SSSR count). The van der Waals surface area contributed by atoms with Gasteiger partial charge >= 0.3 is 5.97 Å². The molecular weight excluding hydrogens is 378 g/mol. The van der Waals surface area contributed by atoms with Crippen molar-refractivity contribution in [1.82, 2.24) is 4.98 Å². The first-order chi connectivity index (χ1) is 13.5. The van der Waals surface area contributed by atoms with Crippen LogP contribution in [0.15, 0.2) is 42.5 Å². The number of hydrogen-bond donors (Lipinski definition) is 2. The minimum Gasteiger partial charge on any atom is -0.494 e. The van der Waals surface area contributed by atoms with Crippen molar-refractivity contribution >= 4 is 44.2 Å². The molecule has 0 saturated carbocycles. The van der Waals surface area contributed by atoms with E-state index in [9.17, 15) is 9.59 Å². The van der Waals surface area contributed by atoms with Gasteiger partial charge in [-0.3, -0.25) is 10.1 Å². The van der Waals surface area contributed by atoms with Gasteiger partial charge in [0.1, 0.15) is 5.75 Å². The molecule has 0 aliphatic heterocycles. The first-order valence-corrected chi connectivity index (χ1v) is 9.72. The summed E-state index contributed by atoms with van der Waals surface area (Å²) >= 11 is 1.33. The Bertz CT molecular complexity index is 1000. The highest BCUT2D eigenvalue weighted by atomic mass is 32.1. The molecule has 146 valence electrons. The van der Waals surface area contributed by atoms with E-state index in [0.29, 0.717) is 29.4 Å². The van der Waals surface area contributed by atoms with Crippen molar-refractivity contribution in [3.63, 3.8) is 0 Å². The molecule has 28 heavy (non-hydrogen) atoms. The highest BCUT2D eigenvalue weighted by molar-refractivity contribution is 7.22. The third kappa shape index (κ3) is 4.58. The third-order valence-corrected chi connectivity index (χ3v) is 4.87. The highest BCUT2D eigenvalue weighted by Gasteiger charge is 2.23. The zero-order valence-corrected chi connectivity index (χ0v) is 16.4. The second-order valence-electron chi connectivity index (χ2n) is 6.00. The molecule has 3 N–H and O–H groups in total. The van der Waals surface area contributed by atoms with Crippen LogP contribution in [0.5, 0.6) is 5.75 Å². The predicted octanol–water partition coefficient (Wildman–Crippen LogP) is 3.85. The van der Waals surface area contributed by atoms with E-state index < -0.39 is 18.0 Å². The summed E-state index contributed by atoms with van der Waals surface area (Å²) in [5, 5.41) is 3.16. The zero-order chi connectivity index (χ0) is 20.1. The number of benzene rings is 2. The van der Waals surface area contributed by atoms with Gasteiger partial charge in [-0.25, -0.2) is 9.78 Å². The Labute approximate surface area is 166 Å². The van der Waals surface area contributed by atoms with Crippen molar-refractivity contribution in [2.24, 2.45) is 0 Å². The number of fused-ring (bicyclic) bond motifs is 1. The van der Waals surface area contributed by atoms with Crippen LogP contribution in [0.25, 0.3) is 10.2 Å². The summed E-state index contributed by atoms with van der Waals surface area (Å²) in [7, 11) is 0. The molecular formula is C20H21N3O4S. The molecule has 0 fully saturated rings. The molecule has 1 unspecified atom stereocenters. The Hall–Kier alpha value is -3.13. The largest absolute Gasteiger partial charge is 0.494 e. The number of hydrogen-bond acceptors (Lipinski definition) is 7. The molecule has 1 heterocycles. The van der Waals surface area contributed by atoms with Gasteiger partial charge in [0.25, 0.3) is 5.91 Å². The van der Waals surface area contributed by atoms with E-state index in [1.807, 2.05) is 25.1 Å². The smallest absolute Gasteiger partial charge is 0.338 e. The number of amides is 1. The Morgan fingerprint density at radius 2 is 2.04 bits per heavy atom. The van der Waals surface area contributed by atoms with Crippen LogP contribution in [0.3, 0.4) is 0 Å². The van der Waals surface area contributed by atoms with Crippen LogP contribution >= 0.6 is 11.3 Å². The molecule has 0 aliphatic rings. The summed E-state index contributed by atoms with van der Waals surface area (Å²) in [6.07, 6.45) is -0.598. The van der Waals surface area contributed by atoms with E-state index in [1.165, 1.54) is 17.4 Å². The van der Waals surface area contributed by atoms with Crippen LogP contribution in [0.4, 0.5) is 10.8 Å². The molecule has 2 aromatic carbocycles. The lowest BCUT2D eigenvalue weighted by Crippen LogP contribution is -2.32. The summed E-state index contributed by atoms with van der Waals surface area (Å²) < 4.78 is 11.7. The Balaban J connectivity index is 1.69. The van der Waals surface area contributed by atoms with Gasteiger partial charge < -0.3 is 15.2 Å². The molecule has 0 radical (unpaired) electrons. The van der Waals surface area contributed by atoms with E-state index in [4.69, 9.17) is 15.2 Å². The van der Waals surface area contributed by atoms with Gasteiger partial charge in [-0.2, -0.15) is 0 Å². The van der Waals surface area contributed by atoms with E-state index in [1.54, 1.807) is 25.1 Å². The normalized spacial score (nSPS) is 11.8. The fourth-order valence-corrected chi connectivity index (χ4v) is 3.48. The van der Waals surface area contributed by atoms with Crippen molar-refractivity contribution in [3.8, 4) is 5.75 Å². The van der Waals surface area contributed by atoms with Gasteiger partial charge in [-0.1, -0.05) is 24.3 Å². The van der Waals surface area contributed by atoms with Gasteiger partial charge in [0.2, 0.25) is 0 Å². The first kappa shape index (κ1) is 19.6. The molecule has 8 heteroatoms. The Morgan fingerprint density at radius 3 is 2.75 bits per heavy atom. The van der Waals surface area contributed by atoms with Crippen molar-refractivity contribution < 1.29 is 19.1 Å². The molecule has 1 amide bonds. The Kier molecular flexibility index (Phi) is 6.10. The first-order valence-electron chi connectivity index (χ1n) is 8.91. The molecule has 1 aromatic heterocycles. The molecule has 0 aliphatic carbocycles. The summed E-state index contributed by atoms with van der Waals surface area (Å²) in [4.78, 5) is 29.2. The van der Waals surface area contributed by atoms with Crippen LogP contribution in [-0.4, -0.2) is 29.6 Å². The number of anilines is 2. The zero-order valence-electron chi connectivity index (χ0n) is 15.6. The number of nitrogen functional groups attached to an aromatic ring is 1. The summed E-state index contributed by atoms with van der Waals surface area (Å²) in [5.41, 5.74) is 7.20.